The summed E-state index contributed by atoms with van der Waals surface area (Å²) in [5.74, 6) is -0.658. The van der Waals surface area contributed by atoms with Crippen molar-refractivity contribution in [3.8, 4) is 0 Å². The number of carbonyl (C=O) groups is 2. The third-order valence-corrected chi connectivity index (χ3v) is 5.89. The summed E-state index contributed by atoms with van der Waals surface area (Å²) in [6.45, 7) is 4.44. The van der Waals surface area contributed by atoms with Gasteiger partial charge in [-0.05, 0) is 55.3 Å². The number of aromatic nitrogens is 3. The van der Waals surface area contributed by atoms with Crippen molar-refractivity contribution < 1.29 is 9.59 Å². The molecule has 1 aromatic carbocycles. The Hall–Kier alpha value is -3.52. The molecule has 162 valence electrons. The number of carbonyl (C=O) groups excluding carboxylic acids is 2. The zero-order valence-corrected chi connectivity index (χ0v) is 18.7. The number of benzene rings is 1. The summed E-state index contributed by atoms with van der Waals surface area (Å²) in [6.07, 6.45) is 4.01. The van der Waals surface area contributed by atoms with Gasteiger partial charge in [0, 0.05) is 36.9 Å². The first-order chi connectivity index (χ1) is 15.5. The van der Waals surface area contributed by atoms with Crippen LogP contribution in [0.2, 0.25) is 0 Å². The number of nitrogens with one attached hydrogen (secondary N) is 1. The van der Waals surface area contributed by atoms with Crippen LogP contribution in [-0.2, 0) is 22.6 Å². The van der Waals surface area contributed by atoms with E-state index in [0.717, 1.165) is 34.3 Å². The van der Waals surface area contributed by atoms with Crippen molar-refractivity contribution in [3.05, 3.63) is 94.0 Å². The molecule has 2 aromatic heterocycles. The second-order valence-corrected chi connectivity index (χ2v) is 8.43. The molecule has 0 saturated heterocycles. The smallest absolute Gasteiger partial charge is 0.278 e. The molecule has 2 amide bonds. The van der Waals surface area contributed by atoms with E-state index < -0.39 is 0 Å². The second kappa shape index (κ2) is 9.74. The van der Waals surface area contributed by atoms with E-state index in [1.165, 1.54) is 4.90 Å². The van der Waals surface area contributed by atoms with E-state index in [1.54, 1.807) is 12.4 Å². The molecular formula is C24H23N5O2S. The first kappa shape index (κ1) is 21.7. The molecule has 3 aromatic rings. The highest BCUT2D eigenvalue weighted by Gasteiger charge is 2.39. The van der Waals surface area contributed by atoms with Gasteiger partial charge >= 0.3 is 0 Å². The number of amides is 2. The zero-order chi connectivity index (χ0) is 22.5. The van der Waals surface area contributed by atoms with Crippen LogP contribution in [-0.4, -0.2) is 38.2 Å². The van der Waals surface area contributed by atoms with E-state index in [4.69, 9.17) is 0 Å². The van der Waals surface area contributed by atoms with Crippen molar-refractivity contribution in [2.45, 2.75) is 32.0 Å². The molecule has 0 radical (unpaired) electrons. The summed E-state index contributed by atoms with van der Waals surface area (Å²) in [6, 6.07) is 15.4. The Balaban J connectivity index is 1.58. The standard InChI is InChI=1S/C24H23N5O2S/c1-16-13-17(2)28-24(27-16)32-21-20(26-15-19-9-6-11-25-14-19)22(30)29(23(21)31)12-10-18-7-4-3-5-8-18/h3-9,11,13-14,26H,10,12,15H2,1-2H3. The lowest BCUT2D eigenvalue weighted by Crippen LogP contribution is -2.35. The monoisotopic (exact) mass is 445 g/mol. The van der Waals surface area contributed by atoms with Crippen molar-refractivity contribution in [2.24, 2.45) is 0 Å². The lowest BCUT2D eigenvalue weighted by Gasteiger charge is -2.15. The predicted molar refractivity (Wildman–Crippen MR) is 122 cm³/mol. The van der Waals surface area contributed by atoms with E-state index in [9.17, 15) is 9.59 Å². The fourth-order valence-corrected chi connectivity index (χ4v) is 4.44. The summed E-state index contributed by atoms with van der Waals surface area (Å²) < 4.78 is 0. The minimum atomic E-state index is -0.332. The van der Waals surface area contributed by atoms with Crippen LogP contribution in [0.5, 0.6) is 0 Å². The first-order valence-electron chi connectivity index (χ1n) is 10.3. The summed E-state index contributed by atoms with van der Waals surface area (Å²) in [4.78, 5) is 41.0. The fourth-order valence-electron chi connectivity index (χ4n) is 3.42. The summed E-state index contributed by atoms with van der Waals surface area (Å²) >= 11 is 1.13. The van der Waals surface area contributed by atoms with E-state index in [1.807, 2.05) is 62.4 Å². The molecule has 3 heterocycles. The highest BCUT2D eigenvalue weighted by Crippen LogP contribution is 2.33. The number of imide groups is 1. The molecule has 8 heteroatoms. The summed E-state index contributed by atoms with van der Waals surface area (Å²) in [5.41, 5.74) is 3.87. The molecule has 0 atom stereocenters. The maximum absolute atomic E-state index is 13.3. The highest BCUT2D eigenvalue weighted by atomic mass is 32.2. The van der Waals surface area contributed by atoms with E-state index in [0.29, 0.717) is 29.6 Å². The largest absolute Gasteiger partial charge is 0.375 e. The molecule has 1 N–H and O–H groups in total. The van der Waals surface area contributed by atoms with Gasteiger partial charge in [0.25, 0.3) is 11.8 Å². The Kier molecular flexibility index (Phi) is 6.61. The summed E-state index contributed by atoms with van der Waals surface area (Å²) in [5, 5.41) is 3.61. The average molecular weight is 446 g/mol. The molecule has 1 aliphatic rings. The second-order valence-electron chi connectivity index (χ2n) is 7.45. The molecule has 0 unspecified atom stereocenters. The lowest BCUT2D eigenvalue weighted by atomic mass is 10.1. The van der Waals surface area contributed by atoms with Crippen LogP contribution in [0.1, 0.15) is 22.5 Å². The highest BCUT2D eigenvalue weighted by molar-refractivity contribution is 8.04. The zero-order valence-electron chi connectivity index (χ0n) is 17.9. The molecule has 1 aliphatic heterocycles. The maximum Gasteiger partial charge on any atom is 0.278 e. The SMILES string of the molecule is Cc1cc(C)nc(SC2=C(NCc3cccnc3)C(=O)N(CCc3ccccc3)C2=O)n1. The van der Waals surface area contributed by atoms with Crippen molar-refractivity contribution in [1.82, 2.24) is 25.2 Å². The van der Waals surface area contributed by atoms with Crippen molar-refractivity contribution in [3.63, 3.8) is 0 Å². The van der Waals surface area contributed by atoms with Crippen LogP contribution in [0.15, 0.2) is 76.7 Å². The number of hydrogen-bond acceptors (Lipinski definition) is 7. The molecule has 7 nitrogen and oxygen atoms in total. The molecule has 0 spiro atoms. The van der Waals surface area contributed by atoms with Gasteiger partial charge in [-0.25, -0.2) is 9.97 Å². The van der Waals surface area contributed by atoms with Gasteiger partial charge in [0.15, 0.2) is 5.16 Å². The van der Waals surface area contributed by atoms with Crippen LogP contribution in [0.25, 0.3) is 0 Å². The molecule has 32 heavy (non-hydrogen) atoms. The number of thioether (sulfide) groups is 1. The minimum absolute atomic E-state index is 0.277. The summed E-state index contributed by atoms with van der Waals surface area (Å²) in [7, 11) is 0. The third kappa shape index (κ3) is 5.03. The number of pyridine rings is 1. The number of rotatable bonds is 8. The van der Waals surface area contributed by atoms with Crippen molar-refractivity contribution in [2.75, 3.05) is 6.54 Å². The normalized spacial score (nSPS) is 13.8. The Morgan fingerprint density at radius 1 is 0.938 bits per heavy atom. The van der Waals surface area contributed by atoms with Gasteiger partial charge in [-0.2, -0.15) is 0 Å². The number of nitrogens with zero attached hydrogens (tertiary/aromatic N) is 4. The minimum Gasteiger partial charge on any atom is -0.375 e. The Morgan fingerprint density at radius 2 is 1.66 bits per heavy atom. The molecule has 0 bridgehead atoms. The quantitative estimate of drug-likeness (QED) is 0.421. The number of aryl methyl sites for hydroxylation is 2. The van der Waals surface area contributed by atoms with E-state index in [2.05, 4.69) is 20.3 Å². The van der Waals surface area contributed by atoms with Gasteiger partial charge in [-0.1, -0.05) is 36.4 Å². The Labute approximate surface area is 191 Å². The predicted octanol–water partition coefficient (Wildman–Crippen LogP) is 3.19. The molecular weight excluding hydrogens is 422 g/mol. The van der Waals surface area contributed by atoms with Crippen LogP contribution in [0, 0.1) is 13.8 Å². The third-order valence-electron chi connectivity index (χ3n) is 4.94. The molecule has 4 rings (SSSR count). The Morgan fingerprint density at radius 3 is 2.34 bits per heavy atom. The lowest BCUT2D eigenvalue weighted by molar-refractivity contribution is -0.137. The maximum atomic E-state index is 13.3. The van der Waals surface area contributed by atoms with Crippen LogP contribution in [0.4, 0.5) is 0 Å². The van der Waals surface area contributed by atoms with Crippen molar-refractivity contribution in [1.29, 1.82) is 0 Å². The van der Waals surface area contributed by atoms with E-state index >= 15 is 0 Å². The molecule has 0 saturated carbocycles. The van der Waals surface area contributed by atoms with Gasteiger partial charge < -0.3 is 5.32 Å². The van der Waals surface area contributed by atoms with Crippen LogP contribution >= 0.6 is 11.8 Å². The van der Waals surface area contributed by atoms with Gasteiger partial charge in [0.1, 0.15) is 10.6 Å². The first-order valence-corrected chi connectivity index (χ1v) is 11.1. The Bertz CT molecular complexity index is 1150. The number of hydrogen-bond donors (Lipinski definition) is 1. The van der Waals surface area contributed by atoms with E-state index in [-0.39, 0.29) is 17.5 Å². The molecule has 0 fully saturated rings. The van der Waals surface area contributed by atoms with Gasteiger partial charge in [-0.3, -0.25) is 19.5 Å². The van der Waals surface area contributed by atoms with Gasteiger partial charge in [-0.15, -0.1) is 0 Å². The molecule has 0 aliphatic carbocycles. The van der Waals surface area contributed by atoms with Crippen LogP contribution in [0.3, 0.4) is 0 Å². The van der Waals surface area contributed by atoms with Crippen molar-refractivity contribution >= 4 is 23.6 Å². The van der Waals surface area contributed by atoms with Gasteiger partial charge in [0.2, 0.25) is 0 Å². The fraction of sp³-hybridized carbons (Fsp3) is 0.208. The average Bonchev–Trinajstić information content (AvgIpc) is 3.00. The van der Waals surface area contributed by atoms with Crippen LogP contribution < -0.4 is 5.32 Å². The van der Waals surface area contributed by atoms with Gasteiger partial charge in [0.05, 0.1) is 0 Å². The topological polar surface area (TPSA) is 88.1 Å².